The summed E-state index contributed by atoms with van der Waals surface area (Å²) in [5.41, 5.74) is 1.05. The second-order valence-electron chi connectivity index (χ2n) is 4.08. The van der Waals surface area contributed by atoms with Gasteiger partial charge in [-0.05, 0) is 24.6 Å². The van der Waals surface area contributed by atoms with E-state index in [0.717, 1.165) is 10.0 Å². The molecule has 18 heavy (non-hydrogen) atoms. The van der Waals surface area contributed by atoms with E-state index in [1.165, 1.54) is 0 Å². The van der Waals surface area contributed by atoms with Crippen LogP contribution >= 0.6 is 15.9 Å². The summed E-state index contributed by atoms with van der Waals surface area (Å²) < 4.78 is 6.47. The number of rotatable bonds is 7. The summed E-state index contributed by atoms with van der Waals surface area (Å²) in [6.07, 6.45) is 2.92. The quantitative estimate of drug-likeness (QED) is 0.760. The first-order valence-electron chi connectivity index (χ1n) is 5.91. The third-order valence-electron chi connectivity index (χ3n) is 2.62. The van der Waals surface area contributed by atoms with E-state index in [2.05, 4.69) is 15.9 Å². The molecule has 100 valence electrons. The minimum atomic E-state index is -0.679. The van der Waals surface area contributed by atoms with Gasteiger partial charge in [-0.3, -0.25) is 0 Å². The first kappa shape index (κ1) is 15.4. The van der Waals surface area contributed by atoms with E-state index in [1.807, 2.05) is 37.3 Å². The lowest BCUT2D eigenvalue weighted by atomic mass is 10.0. The molecule has 0 aromatic heterocycles. The minimum absolute atomic E-state index is 0.0762. The molecule has 0 aliphatic carbocycles. The minimum Gasteiger partial charge on any atom is -0.396 e. The van der Waals surface area contributed by atoms with Crippen LogP contribution in [0.5, 0.6) is 0 Å². The molecule has 1 rings (SSSR count). The average molecular weight is 315 g/mol. The number of allylic oxidation sites excluding steroid dienone is 1. The number of aliphatic hydroxyl groups excluding tert-OH is 2. The van der Waals surface area contributed by atoms with Gasteiger partial charge in [0, 0.05) is 10.4 Å². The third-order valence-corrected chi connectivity index (χ3v) is 3.14. The number of hydrogen-bond donors (Lipinski definition) is 2. The standard InChI is InChI=1S/C14H19BrO3/c1-2-3-12(8-16)14(17)10-18-9-11-4-6-13(15)7-5-11/h2-7,12,14,16-17H,8-10H2,1H3/t12-,14-/m1/s1. The van der Waals surface area contributed by atoms with E-state index >= 15 is 0 Å². The largest absolute Gasteiger partial charge is 0.396 e. The molecule has 0 aliphatic heterocycles. The van der Waals surface area contributed by atoms with Gasteiger partial charge >= 0.3 is 0 Å². The molecular formula is C14H19BrO3. The molecule has 0 radical (unpaired) electrons. The molecule has 0 unspecified atom stereocenters. The SMILES string of the molecule is CC=C[C@H](CO)[C@H](O)COCc1ccc(Br)cc1. The van der Waals surface area contributed by atoms with Crippen molar-refractivity contribution < 1.29 is 14.9 Å². The molecule has 1 aromatic rings. The van der Waals surface area contributed by atoms with E-state index in [4.69, 9.17) is 9.84 Å². The fourth-order valence-electron chi connectivity index (χ4n) is 1.56. The second kappa shape index (κ2) is 8.43. The van der Waals surface area contributed by atoms with Crippen LogP contribution in [0, 0.1) is 5.92 Å². The van der Waals surface area contributed by atoms with Crippen LogP contribution in [0.3, 0.4) is 0 Å². The molecule has 2 atom stereocenters. The Morgan fingerprint density at radius 3 is 2.56 bits per heavy atom. The summed E-state index contributed by atoms with van der Waals surface area (Å²) in [6, 6.07) is 7.83. The van der Waals surface area contributed by atoms with Crippen LogP contribution in [-0.2, 0) is 11.3 Å². The predicted molar refractivity (Wildman–Crippen MR) is 75.2 cm³/mol. The molecule has 0 aliphatic rings. The Labute approximate surface area is 116 Å². The van der Waals surface area contributed by atoms with Gasteiger partial charge in [0.15, 0.2) is 0 Å². The van der Waals surface area contributed by atoms with Crippen LogP contribution in [0.15, 0.2) is 40.9 Å². The fourth-order valence-corrected chi connectivity index (χ4v) is 1.82. The first-order chi connectivity index (χ1) is 8.67. The van der Waals surface area contributed by atoms with Gasteiger partial charge in [-0.1, -0.05) is 40.2 Å². The molecule has 0 saturated heterocycles. The van der Waals surface area contributed by atoms with Gasteiger partial charge in [0.1, 0.15) is 0 Å². The van der Waals surface area contributed by atoms with Crippen molar-refractivity contribution in [1.29, 1.82) is 0 Å². The monoisotopic (exact) mass is 314 g/mol. The van der Waals surface area contributed by atoms with Crippen molar-refractivity contribution in [1.82, 2.24) is 0 Å². The Balaban J connectivity index is 2.34. The number of halogens is 1. The van der Waals surface area contributed by atoms with Crippen LogP contribution in [-0.4, -0.2) is 29.5 Å². The van der Waals surface area contributed by atoms with Gasteiger partial charge in [-0.15, -0.1) is 0 Å². The van der Waals surface area contributed by atoms with E-state index in [9.17, 15) is 5.11 Å². The molecule has 0 heterocycles. The van der Waals surface area contributed by atoms with Crippen molar-refractivity contribution >= 4 is 15.9 Å². The number of hydrogen-bond acceptors (Lipinski definition) is 3. The lowest BCUT2D eigenvalue weighted by Crippen LogP contribution is -2.27. The van der Waals surface area contributed by atoms with Crippen LogP contribution in [0.4, 0.5) is 0 Å². The third kappa shape index (κ3) is 5.31. The van der Waals surface area contributed by atoms with Crippen LogP contribution in [0.2, 0.25) is 0 Å². The maximum absolute atomic E-state index is 9.82. The zero-order valence-electron chi connectivity index (χ0n) is 10.4. The maximum atomic E-state index is 9.82. The Hall–Kier alpha value is -0.680. The van der Waals surface area contributed by atoms with Gasteiger partial charge in [-0.25, -0.2) is 0 Å². The molecule has 2 N–H and O–H groups in total. The summed E-state index contributed by atoms with van der Waals surface area (Å²) in [5, 5.41) is 18.9. The van der Waals surface area contributed by atoms with Gasteiger partial charge in [0.05, 0.1) is 25.9 Å². The van der Waals surface area contributed by atoms with Crippen molar-refractivity contribution in [3.8, 4) is 0 Å². The smallest absolute Gasteiger partial charge is 0.0858 e. The first-order valence-corrected chi connectivity index (χ1v) is 6.70. The van der Waals surface area contributed by atoms with Gasteiger partial charge in [0.2, 0.25) is 0 Å². The molecule has 0 fully saturated rings. The topological polar surface area (TPSA) is 49.7 Å². The predicted octanol–water partition coefficient (Wildman–Crippen LogP) is 2.51. The van der Waals surface area contributed by atoms with Crippen molar-refractivity contribution in [2.24, 2.45) is 5.92 Å². The van der Waals surface area contributed by atoms with Gasteiger partial charge in [-0.2, -0.15) is 0 Å². The highest BCUT2D eigenvalue weighted by molar-refractivity contribution is 9.10. The summed E-state index contributed by atoms with van der Waals surface area (Å²) in [5.74, 6) is -0.264. The summed E-state index contributed by atoms with van der Waals surface area (Å²) in [6.45, 7) is 2.45. The van der Waals surface area contributed by atoms with Crippen molar-refractivity contribution in [3.05, 3.63) is 46.5 Å². The number of benzene rings is 1. The number of aliphatic hydroxyl groups is 2. The van der Waals surface area contributed by atoms with Gasteiger partial charge < -0.3 is 14.9 Å². The number of ether oxygens (including phenoxy) is 1. The highest BCUT2D eigenvalue weighted by atomic mass is 79.9. The average Bonchev–Trinajstić information content (AvgIpc) is 2.38. The van der Waals surface area contributed by atoms with E-state index in [-0.39, 0.29) is 19.1 Å². The Morgan fingerprint density at radius 1 is 1.33 bits per heavy atom. The van der Waals surface area contributed by atoms with Gasteiger partial charge in [0.25, 0.3) is 0 Å². The van der Waals surface area contributed by atoms with Crippen LogP contribution in [0.25, 0.3) is 0 Å². The Bertz CT molecular complexity index is 362. The highest BCUT2D eigenvalue weighted by Crippen LogP contribution is 2.12. The highest BCUT2D eigenvalue weighted by Gasteiger charge is 2.15. The van der Waals surface area contributed by atoms with E-state index in [0.29, 0.717) is 6.61 Å². The lowest BCUT2D eigenvalue weighted by molar-refractivity contribution is -0.00344. The maximum Gasteiger partial charge on any atom is 0.0858 e. The normalized spacial score (nSPS) is 14.9. The zero-order valence-corrected chi connectivity index (χ0v) is 12.0. The summed E-state index contributed by atoms with van der Waals surface area (Å²) in [4.78, 5) is 0. The fraction of sp³-hybridized carbons (Fsp3) is 0.429. The van der Waals surface area contributed by atoms with E-state index in [1.54, 1.807) is 6.08 Å². The zero-order chi connectivity index (χ0) is 13.4. The molecule has 0 spiro atoms. The second-order valence-corrected chi connectivity index (χ2v) is 5.00. The molecule has 0 saturated carbocycles. The Morgan fingerprint density at radius 2 is 2.00 bits per heavy atom. The van der Waals surface area contributed by atoms with E-state index < -0.39 is 6.10 Å². The van der Waals surface area contributed by atoms with Crippen molar-refractivity contribution in [3.63, 3.8) is 0 Å². The molecule has 0 bridgehead atoms. The van der Waals surface area contributed by atoms with Crippen LogP contribution < -0.4 is 0 Å². The molecular weight excluding hydrogens is 296 g/mol. The molecule has 1 aromatic carbocycles. The summed E-state index contributed by atoms with van der Waals surface area (Å²) >= 11 is 3.37. The van der Waals surface area contributed by atoms with Crippen molar-refractivity contribution in [2.75, 3.05) is 13.2 Å². The van der Waals surface area contributed by atoms with Crippen LogP contribution in [0.1, 0.15) is 12.5 Å². The van der Waals surface area contributed by atoms with Crippen molar-refractivity contribution in [2.45, 2.75) is 19.6 Å². The molecule has 4 heteroatoms. The lowest BCUT2D eigenvalue weighted by Gasteiger charge is -2.17. The Kier molecular flexibility index (Phi) is 7.20. The molecule has 3 nitrogen and oxygen atoms in total. The summed E-state index contributed by atoms with van der Waals surface area (Å²) in [7, 11) is 0. The molecule has 0 amide bonds.